The highest BCUT2D eigenvalue weighted by Crippen LogP contribution is 2.24. The number of aryl methyl sites for hydroxylation is 1. The summed E-state index contributed by atoms with van der Waals surface area (Å²) < 4.78 is 0. The van der Waals surface area contributed by atoms with Gasteiger partial charge in [0.15, 0.2) is 0 Å². The van der Waals surface area contributed by atoms with Crippen LogP contribution in [0.25, 0.3) is 10.9 Å². The summed E-state index contributed by atoms with van der Waals surface area (Å²) in [5.74, 6) is 0.859. The van der Waals surface area contributed by atoms with E-state index in [0.717, 1.165) is 16.9 Å². The second kappa shape index (κ2) is 5.92. The molecule has 3 rings (SSSR count). The number of nitrogens with zero attached hydrogens (tertiary/aromatic N) is 1. The fourth-order valence-corrected chi connectivity index (χ4v) is 2.60. The van der Waals surface area contributed by atoms with Crippen LogP contribution in [0.3, 0.4) is 0 Å². The minimum atomic E-state index is 0.568. The van der Waals surface area contributed by atoms with Gasteiger partial charge in [0.1, 0.15) is 5.82 Å². The second-order valence-electron chi connectivity index (χ2n) is 4.94. The van der Waals surface area contributed by atoms with Crippen molar-refractivity contribution in [2.45, 2.75) is 13.5 Å². The number of halogens is 2. The van der Waals surface area contributed by atoms with Gasteiger partial charge in [-0.15, -0.1) is 0 Å². The maximum Gasteiger partial charge on any atom is 0.127 e. The first-order valence-corrected chi connectivity index (χ1v) is 7.43. The first-order valence-electron chi connectivity index (χ1n) is 6.68. The quantitative estimate of drug-likeness (QED) is 0.693. The molecule has 3 aromatic rings. The molecular weight excluding hydrogens is 303 g/mol. The van der Waals surface area contributed by atoms with Gasteiger partial charge < -0.3 is 5.32 Å². The van der Waals surface area contributed by atoms with Crippen molar-refractivity contribution in [3.8, 4) is 0 Å². The summed E-state index contributed by atoms with van der Waals surface area (Å²) in [5.41, 5.74) is 3.27. The lowest BCUT2D eigenvalue weighted by atomic mass is 10.1. The largest absolute Gasteiger partial charge is 0.366 e. The molecular formula is C17H14Cl2N2. The molecule has 1 aromatic heterocycles. The third-order valence-electron chi connectivity index (χ3n) is 3.38. The van der Waals surface area contributed by atoms with Gasteiger partial charge in [-0.1, -0.05) is 47.5 Å². The van der Waals surface area contributed by atoms with Crippen LogP contribution in [0.4, 0.5) is 5.82 Å². The highest BCUT2D eigenvalue weighted by molar-refractivity contribution is 6.42. The Labute approximate surface area is 133 Å². The SMILES string of the molecule is Cc1cc(NCc2ccc(Cl)c(Cl)c2)nc2ccccc12. The topological polar surface area (TPSA) is 24.9 Å². The van der Waals surface area contributed by atoms with Gasteiger partial charge in [0.2, 0.25) is 0 Å². The minimum Gasteiger partial charge on any atom is -0.366 e. The van der Waals surface area contributed by atoms with Crippen LogP contribution in [0.15, 0.2) is 48.5 Å². The van der Waals surface area contributed by atoms with Crippen molar-refractivity contribution < 1.29 is 0 Å². The maximum absolute atomic E-state index is 6.02. The number of fused-ring (bicyclic) bond motifs is 1. The molecule has 106 valence electrons. The summed E-state index contributed by atoms with van der Waals surface area (Å²) in [6.07, 6.45) is 0. The Morgan fingerprint density at radius 1 is 1.00 bits per heavy atom. The molecule has 0 aliphatic rings. The Morgan fingerprint density at radius 2 is 1.81 bits per heavy atom. The van der Waals surface area contributed by atoms with Crippen molar-refractivity contribution in [2.75, 3.05) is 5.32 Å². The first-order chi connectivity index (χ1) is 10.1. The molecule has 0 fully saturated rings. The number of anilines is 1. The molecule has 0 unspecified atom stereocenters. The van der Waals surface area contributed by atoms with E-state index < -0.39 is 0 Å². The van der Waals surface area contributed by atoms with E-state index in [1.54, 1.807) is 6.07 Å². The van der Waals surface area contributed by atoms with Crippen LogP contribution in [0.2, 0.25) is 10.0 Å². The van der Waals surface area contributed by atoms with Crippen LogP contribution in [0, 0.1) is 6.92 Å². The van der Waals surface area contributed by atoms with Crippen molar-refractivity contribution in [1.82, 2.24) is 4.98 Å². The lowest BCUT2D eigenvalue weighted by Gasteiger charge is -2.09. The molecule has 4 heteroatoms. The molecule has 0 saturated heterocycles. The van der Waals surface area contributed by atoms with E-state index in [2.05, 4.69) is 29.4 Å². The Morgan fingerprint density at radius 3 is 2.62 bits per heavy atom. The van der Waals surface area contributed by atoms with Crippen LogP contribution in [0.1, 0.15) is 11.1 Å². The molecule has 2 nitrogen and oxygen atoms in total. The van der Waals surface area contributed by atoms with E-state index >= 15 is 0 Å². The van der Waals surface area contributed by atoms with E-state index in [1.165, 1.54) is 10.9 Å². The molecule has 0 spiro atoms. The number of para-hydroxylation sites is 1. The monoisotopic (exact) mass is 316 g/mol. The van der Waals surface area contributed by atoms with Crippen LogP contribution in [-0.2, 0) is 6.54 Å². The normalized spacial score (nSPS) is 10.8. The standard InChI is InChI=1S/C17H14Cl2N2/c1-11-8-17(21-16-5-3-2-4-13(11)16)20-10-12-6-7-14(18)15(19)9-12/h2-9H,10H2,1H3,(H,20,21). The summed E-state index contributed by atoms with van der Waals surface area (Å²) in [4.78, 5) is 4.62. The Hall–Kier alpha value is -1.77. The van der Waals surface area contributed by atoms with Gasteiger partial charge in [-0.25, -0.2) is 4.98 Å². The lowest BCUT2D eigenvalue weighted by Crippen LogP contribution is -2.02. The number of hydrogen-bond donors (Lipinski definition) is 1. The fraction of sp³-hybridized carbons (Fsp3) is 0.118. The highest BCUT2D eigenvalue weighted by Gasteiger charge is 2.03. The smallest absolute Gasteiger partial charge is 0.127 e. The van der Waals surface area contributed by atoms with Crippen molar-refractivity contribution in [3.63, 3.8) is 0 Å². The Bertz CT molecular complexity index is 800. The van der Waals surface area contributed by atoms with Crippen molar-refractivity contribution >= 4 is 39.9 Å². The molecule has 0 atom stereocenters. The van der Waals surface area contributed by atoms with Gasteiger partial charge in [0.05, 0.1) is 15.6 Å². The number of hydrogen-bond acceptors (Lipinski definition) is 2. The zero-order chi connectivity index (χ0) is 14.8. The van der Waals surface area contributed by atoms with Crippen LogP contribution >= 0.6 is 23.2 Å². The van der Waals surface area contributed by atoms with Crippen molar-refractivity contribution in [2.24, 2.45) is 0 Å². The molecule has 21 heavy (non-hydrogen) atoms. The summed E-state index contributed by atoms with van der Waals surface area (Å²) in [6, 6.07) is 15.8. The van der Waals surface area contributed by atoms with E-state index in [4.69, 9.17) is 23.2 Å². The number of pyridine rings is 1. The molecule has 0 aliphatic carbocycles. The van der Waals surface area contributed by atoms with Crippen LogP contribution < -0.4 is 5.32 Å². The number of rotatable bonds is 3. The number of nitrogens with one attached hydrogen (secondary N) is 1. The molecule has 2 aromatic carbocycles. The van der Waals surface area contributed by atoms with E-state index in [0.29, 0.717) is 16.6 Å². The van der Waals surface area contributed by atoms with Crippen molar-refractivity contribution in [1.29, 1.82) is 0 Å². The Kier molecular flexibility index (Phi) is 4.00. The molecule has 0 aliphatic heterocycles. The third-order valence-corrected chi connectivity index (χ3v) is 4.12. The molecule has 1 N–H and O–H groups in total. The molecule has 1 heterocycles. The molecule has 0 bridgehead atoms. The average molecular weight is 317 g/mol. The fourth-order valence-electron chi connectivity index (χ4n) is 2.28. The number of aromatic nitrogens is 1. The van der Waals surface area contributed by atoms with E-state index in [9.17, 15) is 0 Å². The van der Waals surface area contributed by atoms with E-state index in [-0.39, 0.29) is 0 Å². The summed E-state index contributed by atoms with van der Waals surface area (Å²) in [5, 5.41) is 5.64. The predicted octanol–water partition coefficient (Wildman–Crippen LogP) is 5.46. The first kappa shape index (κ1) is 14.2. The maximum atomic E-state index is 6.02. The highest BCUT2D eigenvalue weighted by atomic mass is 35.5. The molecule has 0 amide bonds. The second-order valence-corrected chi connectivity index (χ2v) is 5.76. The van der Waals surface area contributed by atoms with Gasteiger partial charge in [0.25, 0.3) is 0 Å². The zero-order valence-corrected chi connectivity index (χ0v) is 13.0. The minimum absolute atomic E-state index is 0.568. The third kappa shape index (κ3) is 3.12. The van der Waals surface area contributed by atoms with Crippen LogP contribution in [-0.4, -0.2) is 4.98 Å². The summed E-state index contributed by atoms with van der Waals surface area (Å²) in [6.45, 7) is 2.75. The summed E-state index contributed by atoms with van der Waals surface area (Å²) in [7, 11) is 0. The summed E-state index contributed by atoms with van der Waals surface area (Å²) >= 11 is 11.9. The van der Waals surface area contributed by atoms with Gasteiger partial charge in [-0.05, 0) is 42.3 Å². The van der Waals surface area contributed by atoms with Gasteiger partial charge >= 0.3 is 0 Å². The molecule has 0 saturated carbocycles. The number of benzene rings is 2. The Balaban J connectivity index is 1.83. The van der Waals surface area contributed by atoms with E-state index in [1.807, 2.05) is 30.3 Å². The zero-order valence-electron chi connectivity index (χ0n) is 11.5. The molecule has 0 radical (unpaired) electrons. The van der Waals surface area contributed by atoms with Crippen LogP contribution in [0.5, 0.6) is 0 Å². The average Bonchev–Trinajstić information content (AvgIpc) is 2.49. The van der Waals surface area contributed by atoms with Gasteiger partial charge in [-0.3, -0.25) is 0 Å². The lowest BCUT2D eigenvalue weighted by molar-refractivity contribution is 1.12. The van der Waals surface area contributed by atoms with Crippen molar-refractivity contribution in [3.05, 3.63) is 69.7 Å². The van der Waals surface area contributed by atoms with Gasteiger partial charge in [0, 0.05) is 11.9 Å². The van der Waals surface area contributed by atoms with Gasteiger partial charge in [-0.2, -0.15) is 0 Å². The predicted molar refractivity (Wildman–Crippen MR) is 90.3 cm³/mol.